The molecule has 0 saturated heterocycles. The number of allylic oxidation sites excluding steroid dienone is 2. The van der Waals surface area contributed by atoms with Crippen molar-refractivity contribution in [3.8, 4) is 0 Å². The lowest BCUT2D eigenvalue weighted by Crippen LogP contribution is -2.49. The Bertz CT molecular complexity index is 559. The Balaban J connectivity index is 0.000000844. The summed E-state index contributed by atoms with van der Waals surface area (Å²) in [7, 11) is 3.23. The zero-order valence-electron chi connectivity index (χ0n) is 17.9. The van der Waals surface area contributed by atoms with Gasteiger partial charge in [0.05, 0.1) is 0 Å². The first-order valence-electron chi connectivity index (χ1n) is 11.4. The number of rotatable bonds is 3. The van der Waals surface area contributed by atoms with Gasteiger partial charge in [0.25, 0.3) is 0 Å². The Hall–Kier alpha value is 0.390. The zero-order valence-corrected chi connectivity index (χ0v) is 19.8. The first kappa shape index (κ1) is 21.1. The van der Waals surface area contributed by atoms with Crippen molar-refractivity contribution < 1.29 is 1.43 Å². The molecule has 8 unspecified atom stereocenters. The van der Waals surface area contributed by atoms with Gasteiger partial charge in [-0.05, 0) is 98.0 Å². The Morgan fingerprint density at radius 3 is 2.65 bits per heavy atom. The molecule has 0 aromatic rings. The van der Waals surface area contributed by atoms with Crippen LogP contribution in [0.4, 0.5) is 0 Å². The molecule has 152 valence electrons. The van der Waals surface area contributed by atoms with Gasteiger partial charge in [0.2, 0.25) is 0 Å². The van der Waals surface area contributed by atoms with Gasteiger partial charge in [-0.1, -0.05) is 60.1 Å². The van der Waals surface area contributed by atoms with Crippen molar-refractivity contribution in [1.29, 1.82) is 0 Å². The molecule has 3 fully saturated rings. The van der Waals surface area contributed by atoms with E-state index in [-0.39, 0.29) is 1.43 Å². The van der Waals surface area contributed by atoms with Crippen molar-refractivity contribution in [3.63, 3.8) is 0 Å². The summed E-state index contributed by atoms with van der Waals surface area (Å²) < 4.78 is 0. The van der Waals surface area contributed by atoms with E-state index in [4.69, 9.17) is 0 Å². The predicted molar refractivity (Wildman–Crippen MR) is 127 cm³/mol. The van der Waals surface area contributed by atoms with Crippen LogP contribution in [0.3, 0.4) is 0 Å². The van der Waals surface area contributed by atoms with Gasteiger partial charge in [0.15, 0.2) is 0 Å². The topological polar surface area (TPSA) is 0 Å². The van der Waals surface area contributed by atoms with Crippen LogP contribution in [0.25, 0.3) is 0 Å². The molecule has 26 heavy (non-hydrogen) atoms. The molecule has 4 aliphatic carbocycles. The predicted octanol–water partition coefficient (Wildman–Crippen LogP) is 8.11. The highest BCUT2D eigenvalue weighted by molar-refractivity contribution is 8.53. The molecule has 4 rings (SSSR count). The zero-order chi connectivity index (χ0) is 18.9. The summed E-state index contributed by atoms with van der Waals surface area (Å²) in [6.45, 7) is 9.32. The number of hydrogen-bond acceptors (Lipinski definition) is 0. The fourth-order valence-corrected chi connectivity index (χ4v) is 8.57. The van der Waals surface area contributed by atoms with Crippen LogP contribution in [0.2, 0.25) is 0 Å². The maximum absolute atomic E-state index is 4.23. The van der Waals surface area contributed by atoms with Crippen LogP contribution < -0.4 is 0 Å². The molecule has 4 aliphatic rings. The molecule has 3 saturated carbocycles. The second-order valence-electron chi connectivity index (χ2n) is 9.82. The molecule has 0 N–H and O–H groups in total. The largest absolute Gasteiger partial charge is 0.175 e. The van der Waals surface area contributed by atoms with E-state index in [1.807, 2.05) is 19.4 Å². The van der Waals surface area contributed by atoms with Crippen molar-refractivity contribution >= 4 is 24.4 Å². The van der Waals surface area contributed by atoms with Crippen molar-refractivity contribution in [2.75, 3.05) is 5.75 Å². The average Bonchev–Trinajstić information content (AvgIpc) is 2.97. The molecule has 8 atom stereocenters. The summed E-state index contributed by atoms with van der Waals surface area (Å²) in [5, 5.41) is 0. The maximum Gasteiger partial charge on any atom is 0 e. The van der Waals surface area contributed by atoms with E-state index in [0.29, 0.717) is 20.9 Å². The second-order valence-corrected chi connectivity index (χ2v) is 13.3. The highest BCUT2D eigenvalue weighted by atomic mass is 32.7. The molecule has 0 spiro atoms. The third kappa shape index (κ3) is 3.54. The summed E-state index contributed by atoms with van der Waals surface area (Å²) in [6, 6.07) is 0. The summed E-state index contributed by atoms with van der Waals surface area (Å²) in [5.74, 6) is 9.54. The van der Waals surface area contributed by atoms with E-state index in [1.165, 1.54) is 70.0 Å². The van der Waals surface area contributed by atoms with E-state index in [1.54, 1.807) is 0 Å². The normalized spacial score (nSPS) is 45.3. The molecule has 0 heterocycles. The molecule has 0 radical (unpaired) electrons. The molecule has 0 aromatic carbocycles. The summed E-state index contributed by atoms with van der Waals surface area (Å²) >= 11 is 0. The lowest BCUT2D eigenvalue weighted by atomic mass is 9.47. The van der Waals surface area contributed by atoms with Crippen molar-refractivity contribution in [2.45, 2.75) is 91.9 Å². The second kappa shape index (κ2) is 8.41. The minimum atomic E-state index is 0. The van der Waals surface area contributed by atoms with E-state index in [2.05, 4.69) is 34.2 Å². The van der Waals surface area contributed by atoms with Gasteiger partial charge in [-0.3, -0.25) is 0 Å². The van der Waals surface area contributed by atoms with Crippen LogP contribution in [-0.4, -0.2) is 11.6 Å². The molecule has 0 aliphatic heterocycles. The maximum atomic E-state index is 4.23. The number of fused-ring (bicyclic) bond motifs is 5. The third-order valence-corrected chi connectivity index (χ3v) is 10.4. The van der Waals surface area contributed by atoms with Crippen LogP contribution in [0, 0.1) is 34.5 Å². The van der Waals surface area contributed by atoms with Crippen LogP contribution in [-0.2, 0) is 0 Å². The van der Waals surface area contributed by atoms with Gasteiger partial charge in [-0.15, -0.1) is 0 Å². The summed E-state index contributed by atoms with van der Waals surface area (Å²) in [4.78, 5) is 0. The lowest BCUT2D eigenvalue weighted by Gasteiger charge is -2.57. The van der Waals surface area contributed by atoms with Crippen molar-refractivity contribution in [3.05, 3.63) is 11.6 Å². The van der Waals surface area contributed by atoms with E-state index in [0.717, 1.165) is 23.7 Å². The van der Waals surface area contributed by atoms with Gasteiger partial charge >= 0.3 is 0 Å². The van der Waals surface area contributed by atoms with Crippen molar-refractivity contribution in [2.24, 2.45) is 34.5 Å². The molecular weight excluding hydrogens is 351 g/mol. The fraction of sp³-hybridized carbons (Fsp3) is 0.875. The Morgan fingerprint density at radius 1 is 1.15 bits per heavy atom. The number of hydrogen-bond donors (Lipinski definition) is 0. The molecule has 0 amide bonds. The molecule has 0 bridgehead atoms. The molecular formula is C24H45PS. The fourth-order valence-electron chi connectivity index (χ4n) is 7.57. The van der Waals surface area contributed by atoms with Crippen LogP contribution in [0.15, 0.2) is 11.6 Å². The van der Waals surface area contributed by atoms with Gasteiger partial charge in [0, 0.05) is 1.43 Å². The third-order valence-electron chi connectivity index (χ3n) is 8.94. The van der Waals surface area contributed by atoms with Gasteiger partial charge < -0.3 is 0 Å². The minimum absolute atomic E-state index is 0. The quantitative estimate of drug-likeness (QED) is 0.257. The standard InChI is InChI=1S/C22H37PS.C2H6.H2/c1-21-13-5-4-6-16(21)7-9-18-19-10-8-17(12-15-24(3)23)22(19,2)14-11-20(18)21;1-2;/h7,17-20H,3-6,8-15,23H2,1-2H3;1-2H3;1H. The first-order chi connectivity index (χ1) is 12.4. The average molecular weight is 397 g/mol. The van der Waals surface area contributed by atoms with Gasteiger partial charge in [0.1, 0.15) is 0 Å². The molecule has 2 heteroatoms. The van der Waals surface area contributed by atoms with Crippen molar-refractivity contribution in [1.82, 2.24) is 0 Å². The molecule has 0 nitrogen and oxygen atoms in total. The SMILES string of the molecule is C=S(P)CCC1CCC2C3CC=C4CCCCC4(C)C3CCC12C.CC.[HH]. The Kier molecular flexibility index (Phi) is 6.82. The summed E-state index contributed by atoms with van der Waals surface area (Å²) in [6.07, 6.45) is 17.4. The first-order valence-corrected chi connectivity index (χ1v) is 14.4. The monoisotopic (exact) mass is 396 g/mol. The van der Waals surface area contributed by atoms with Crippen LogP contribution >= 0.6 is 18.5 Å². The van der Waals surface area contributed by atoms with Crippen LogP contribution in [0.5, 0.6) is 0 Å². The van der Waals surface area contributed by atoms with Gasteiger partial charge in [-0.2, -0.15) is 10.1 Å². The van der Waals surface area contributed by atoms with E-state index < -0.39 is 0 Å². The highest BCUT2D eigenvalue weighted by Gasteiger charge is 2.57. The Morgan fingerprint density at radius 2 is 1.92 bits per heavy atom. The smallest absolute Gasteiger partial charge is 0 e. The minimum Gasteiger partial charge on any atom is -0.175 e. The summed E-state index contributed by atoms with van der Waals surface area (Å²) in [5.41, 5.74) is 3.07. The highest BCUT2D eigenvalue weighted by Crippen LogP contribution is 2.66. The van der Waals surface area contributed by atoms with Gasteiger partial charge in [-0.25, -0.2) is 0 Å². The Labute approximate surface area is 169 Å². The lowest BCUT2D eigenvalue weighted by molar-refractivity contribution is -0.0413. The molecule has 0 aromatic heterocycles. The van der Waals surface area contributed by atoms with E-state index in [9.17, 15) is 0 Å². The van der Waals surface area contributed by atoms with Crippen LogP contribution in [0.1, 0.15) is 93.3 Å². The van der Waals surface area contributed by atoms with E-state index >= 15 is 0 Å².